The van der Waals surface area contributed by atoms with Crippen LogP contribution in [-0.2, 0) is 27.9 Å². The number of benzene rings is 2. The van der Waals surface area contributed by atoms with E-state index in [4.69, 9.17) is 23.2 Å². The number of hydrogen-bond acceptors (Lipinski definition) is 4. The van der Waals surface area contributed by atoms with Crippen molar-refractivity contribution in [3.05, 3.63) is 63.6 Å². The van der Waals surface area contributed by atoms with Gasteiger partial charge in [0.2, 0.25) is 15.9 Å². The van der Waals surface area contributed by atoms with Crippen molar-refractivity contribution in [3.63, 3.8) is 0 Å². The van der Waals surface area contributed by atoms with Gasteiger partial charge in [-0.05, 0) is 62.2 Å². The number of halogens is 2. The molecule has 1 heterocycles. The van der Waals surface area contributed by atoms with Crippen LogP contribution in [0.1, 0.15) is 37.3 Å². The van der Waals surface area contributed by atoms with E-state index in [0.717, 1.165) is 35.8 Å². The van der Waals surface area contributed by atoms with Crippen LogP contribution < -0.4 is 9.62 Å². The number of carbonyl (C=O) groups is 1. The summed E-state index contributed by atoms with van der Waals surface area (Å²) in [6, 6.07) is 11.6. The summed E-state index contributed by atoms with van der Waals surface area (Å²) in [5.74, 6) is -0.423. The minimum atomic E-state index is -3.78. The second kappa shape index (κ2) is 10.9. The van der Waals surface area contributed by atoms with Crippen molar-refractivity contribution in [2.24, 2.45) is 0 Å². The molecule has 1 N–H and O–H groups in total. The van der Waals surface area contributed by atoms with Crippen molar-refractivity contribution in [3.8, 4) is 0 Å². The zero-order chi connectivity index (χ0) is 23.3. The van der Waals surface area contributed by atoms with Crippen LogP contribution in [0, 0.1) is 0 Å². The highest BCUT2D eigenvalue weighted by molar-refractivity contribution is 7.92. The molecule has 0 bridgehead atoms. The molecule has 2 aromatic rings. The van der Waals surface area contributed by atoms with E-state index >= 15 is 0 Å². The number of piperidine rings is 1. The van der Waals surface area contributed by atoms with Crippen LogP contribution in [0.4, 0.5) is 5.69 Å². The first-order valence-electron chi connectivity index (χ1n) is 10.7. The van der Waals surface area contributed by atoms with Gasteiger partial charge in [0.15, 0.2) is 0 Å². The van der Waals surface area contributed by atoms with Gasteiger partial charge in [0, 0.05) is 18.1 Å². The molecule has 174 valence electrons. The summed E-state index contributed by atoms with van der Waals surface area (Å²) in [4.78, 5) is 15.3. The molecule has 1 saturated heterocycles. The summed E-state index contributed by atoms with van der Waals surface area (Å²) in [7, 11) is -3.78. The van der Waals surface area contributed by atoms with Gasteiger partial charge in [-0.3, -0.25) is 14.0 Å². The largest absolute Gasteiger partial charge is 0.350 e. The normalized spacial score (nSPS) is 15.9. The Morgan fingerprint density at radius 3 is 2.47 bits per heavy atom. The topological polar surface area (TPSA) is 69.7 Å². The lowest BCUT2D eigenvalue weighted by molar-refractivity contribution is -0.122. The maximum absolute atomic E-state index is 12.9. The van der Waals surface area contributed by atoms with Crippen molar-refractivity contribution in [2.75, 3.05) is 23.7 Å². The molecule has 3 rings (SSSR count). The van der Waals surface area contributed by atoms with Crippen molar-refractivity contribution < 1.29 is 13.2 Å². The van der Waals surface area contributed by atoms with E-state index in [0.29, 0.717) is 11.6 Å². The van der Waals surface area contributed by atoms with Crippen LogP contribution in [0.3, 0.4) is 0 Å². The molecular weight excluding hydrogens is 469 g/mol. The number of amides is 1. The van der Waals surface area contributed by atoms with Gasteiger partial charge in [-0.25, -0.2) is 8.42 Å². The summed E-state index contributed by atoms with van der Waals surface area (Å²) in [5, 5.41) is 3.38. The fraction of sp³-hybridized carbons (Fsp3) is 0.435. The number of rotatable bonds is 8. The van der Waals surface area contributed by atoms with E-state index in [2.05, 4.69) is 22.3 Å². The molecule has 1 atom stereocenters. The van der Waals surface area contributed by atoms with Gasteiger partial charge in [0.1, 0.15) is 6.04 Å². The van der Waals surface area contributed by atoms with Crippen LogP contribution >= 0.6 is 23.2 Å². The number of carbonyl (C=O) groups excluding carboxylic acids is 1. The molecule has 0 unspecified atom stereocenters. The molecular formula is C23H29Cl2N3O3S. The quantitative estimate of drug-likeness (QED) is 0.584. The van der Waals surface area contributed by atoms with E-state index in [1.54, 1.807) is 6.07 Å². The predicted molar refractivity (Wildman–Crippen MR) is 131 cm³/mol. The third-order valence-electron chi connectivity index (χ3n) is 5.55. The van der Waals surface area contributed by atoms with Crippen molar-refractivity contribution >= 4 is 44.8 Å². The summed E-state index contributed by atoms with van der Waals surface area (Å²) < 4.78 is 26.0. The van der Waals surface area contributed by atoms with Gasteiger partial charge in [-0.2, -0.15) is 0 Å². The van der Waals surface area contributed by atoms with E-state index in [9.17, 15) is 13.2 Å². The number of likely N-dealkylation sites (tertiary alicyclic amines) is 1. The monoisotopic (exact) mass is 497 g/mol. The lowest BCUT2D eigenvalue weighted by Crippen LogP contribution is -2.47. The molecule has 0 radical (unpaired) electrons. The van der Waals surface area contributed by atoms with Crippen LogP contribution in [0.2, 0.25) is 10.0 Å². The Morgan fingerprint density at radius 2 is 1.78 bits per heavy atom. The summed E-state index contributed by atoms with van der Waals surface area (Å²) in [5.41, 5.74) is 2.34. The van der Waals surface area contributed by atoms with Gasteiger partial charge in [-0.15, -0.1) is 0 Å². The molecule has 0 aromatic heterocycles. The van der Waals surface area contributed by atoms with E-state index in [-0.39, 0.29) is 10.7 Å². The second-order valence-corrected chi connectivity index (χ2v) is 10.9. The zero-order valence-corrected chi connectivity index (χ0v) is 20.7. The van der Waals surface area contributed by atoms with Gasteiger partial charge in [0.05, 0.1) is 17.0 Å². The Hall–Kier alpha value is -1.80. The van der Waals surface area contributed by atoms with E-state index in [1.165, 1.54) is 43.9 Å². The molecule has 0 spiro atoms. The number of hydrogen-bond donors (Lipinski definition) is 1. The lowest BCUT2D eigenvalue weighted by atomic mass is 10.1. The number of nitrogens with one attached hydrogen (secondary N) is 1. The lowest BCUT2D eigenvalue weighted by Gasteiger charge is -2.29. The average molecular weight is 498 g/mol. The smallest absolute Gasteiger partial charge is 0.243 e. The SMILES string of the molecule is C[C@@H](C(=O)NCc1cccc(CN2CCCCC2)c1)N(c1cc(Cl)ccc1Cl)S(C)(=O)=O. The highest BCUT2D eigenvalue weighted by Crippen LogP contribution is 2.32. The Labute approximate surface area is 200 Å². The molecule has 32 heavy (non-hydrogen) atoms. The number of sulfonamides is 1. The average Bonchev–Trinajstić information content (AvgIpc) is 2.74. The Balaban J connectivity index is 1.69. The first-order valence-corrected chi connectivity index (χ1v) is 13.3. The number of anilines is 1. The van der Waals surface area contributed by atoms with Gasteiger partial charge >= 0.3 is 0 Å². The molecule has 6 nitrogen and oxygen atoms in total. The second-order valence-electron chi connectivity index (χ2n) is 8.21. The van der Waals surface area contributed by atoms with Gasteiger partial charge in [0.25, 0.3) is 0 Å². The fourth-order valence-corrected chi connectivity index (χ4v) is 5.59. The van der Waals surface area contributed by atoms with Crippen LogP contribution in [0.15, 0.2) is 42.5 Å². The van der Waals surface area contributed by atoms with Gasteiger partial charge in [-0.1, -0.05) is 53.9 Å². The van der Waals surface area contributed by atoms with Crippen molar-refractivity contribution in [1.29, 1.82) is 0 Å². The highest BCUT2D eigenvalue weighted by atomic mass is 35.5. The fourth-order valence-electron chi connectivity index (χ4n) is 3.99. The summed E-state index contributed by atoms with van der Waals surface area (Å²) in [6.07, 6.45) is 4.81. The first-order chi connectivity index (χ1) is 15.1. The van der Waals surface area contributed by atoms with Crippen molar-refractivity contribution in [1.82, 2.24) is 10.2 Å². The zero-order valence-electron chi connectivity index (χ0n) is 18.4. The van der Waals surface area contributed by atoms with E-state index < -0.39 is 22.0 Å². The molecule has 1 aliphatic rings. The third-order valence-corrected chi connectivity index (χ3v) is 7.33. The minimum Gasteiger partial charge on any atom is -0.350 e. The predicted octanol–water partition coefficient (Wildman–Crippen LogP) is 4.45. The summed E-state index contributed by atoms with van der Waals surface area (Å²) >= 11 is 12.3. The maximum Gasteiger partial charge on any atom is 0.243 e. The Bertz CT molecular complexity index is 1060. The van der Waals surface area contributed by atoms with Crippen molar-refractivity contribution in [2.45, 2.75) is 45.3 Å². The van der Waals surface area contributed by atoms with Crippen LogP contribution in [0.5, 0.6) is 0 Å². The maximum atomic E-state index is 12.9. The molecule has 0 saturated carbocycles. The highest BCUT2D eigenvalue weighted by Gasteiger charge is 2.30. The molecule has 1 fully saturated rings. The molecule has 1 aliphatic heterocycles. The van der Waals surface area contributed by atoms with Crippen LogP contribution in [-0.4, -0.2) is 44.6 Å². The third kappa shape index (κ3) is 6.61. The molecule has 2 aromatic carbocycles. The van der Waals surface area contributed by atoms with Gasteiger partial charge < -0.3 is 5.32 Å². The molecule has 1 amide bonds. The Kier molecular flexibility index (Phi) is 8.44. The standard InChI is InChI=1S/C23H29Cl2N3O3S/c1-17(28(32(2,30)31)22-14-20(24)9-10-21(22)25)23(29)26-15-18-7-6-8-19(13-18)16-27-11-4-3-5-12-27/h6-10,13-14,17H,3-5,11-12,15-16H2,1-2H3,(H,26,29)/t17-/m0/s1. The number of nitrogens with zero attached hydrogens (tertiary/aromatic N) is 2. The van der Waals surface area contributed by atoms with E-state index in [1.807, 2.05) is 12.1 Å². The van der Waals surface area contributed by atoms with Crippen LogP contribution in [0.25, 0.3) is 0 Å². The summed E-state index contributed by atoms with van der Waals surface area (Å²) in [6.45, 7) is 4.96. The minimum absolute atomic E-state index is 0.174. The molecule has 9 heteroatoms. The Morgan fingerprint density at radius 1 is 1.09 bits per heavy atom. The molecule has 0 aliphatic carbocycles. The first kappa shape index (κ1) is 24.8.